The van der Waals surface area contributed by atoms with Crippen molar-refractivity contribution < 1.29 is 4.79 Å². The highest BCUT2D eigenvalue weighted by molar-refractivity contribution is 6.07. The minimum atomic E-state index is -0.0550. The summed E-state index contributed by atoms with van der Waals surface area (Å²) in [6.07, 6.45) is 7.40. The summed E-state index contributed by atoms with van der Waals surface area (Å²) in [7, 11) is 0. The van der Waals surface area contributed by atoms with E-state index in [0.717, 1.165) is 49.1 Å². The molecular formula is C29H33N3O. The van der Waals surface area contributed by atoms with E-state index < -0.39 is 0 Å². The number of fused-ring (bicyclic) bond motifs is 2. The molecule has 4 heteroatoms. The molecule has 170 valence electrons. The second-order valence-corrected chi connectivity index (χ2v) is 9.07. The topological polar surface area (TPSA) is 45.2 Å². The van der Waals surface area contributed by atoms with Crippen LogP contribution in [0.3, 0.4) is 0 Å². The quantitative estimate of drug-likeness (QED) is 0.445. The average molecular weight is 440 g/mol. The fraction of sp³-hybridized carbons (Fsp3) is 0.310. The normalized spacial score (nSPS) is 13.5. The smallest absolute Gasteiger partial charge is 0.252 e. The van der Waals surface area contributed by atoms with Crippen molar-refractivity contribution in [2.75, 3.05) is 18.0 Å². The van der Waals surface area contributed by atoms with E-state index in [1.54, 1.807) is 0 Å². The monoisotopic (exact) mass is 439 g/mol. The van der Waals surface area contributed by atoms with Gasteiger partial charge in [0.05, 0.1) is 11.1 Å². The summed E-state index contributed by atoms with van der Waals surface area (Å²) in [5.41, 5.74) is 6.91. The van der Waals surface area contributed by atoms with Crippen LogP contribution in [-0.4, -0.2) is 24.0 Å². The van der Waals surface area contributed by atoms with Crippen LogP contribution >= 0.6 is 0 Å². The number of nitrogens with one attached hydrogen (secondary N) is 1. The van der Waals surface area contributed by atoms with Crippen LogP contribution < -0.4 is 10.2 Å². The predicted molar refractivity (Wildman–Crippen MR) is 138 cm³/mol. The molecule has 1 amide bonds. The second kappa shape index (κ2) is 10.5. The van der Waals surface area contributed by atoms with Gasteiger partial charge in [-0.15, -0.1) is 0 Å². The first-order valence-corrected chi connectivity index (χ1v) is 11.8. The molecule has 4 rings (SSSR count). The van der Waals surface area contributed by atoms with Crippen LogP contribution in [0, 0.1) is 0 Å². The van der Waals surface area contributed by atoms with E-state index in [-0.39, 0.29) is 5.91 Å². The number of benzene rings is 2. The van der Waals surface area contributed by atoms with Crippen molar-refractivity contribution >= 4 is 22.6 Å². The largest absolute Gasteiger partial charge is 0.352 e. The number of carbonyl (C=O) groups excluding carboxylic acids is 1. The van der Waals surface area contributed by atoms with E-state index in [4.69, 9.17) is 4.98 Å². The van der Waals surface area contributed by atoms with Crippen LogP contribution in [0.25, 0.3) is 10.9 Å². The molecule has 0 saturated carbocycles. The standard InChI is InChI=1S/C29H33N3O/c1-21(2)9-8-10-22(3)15-17-30-29(33)26-19-28(31-27-14-7-6-13-25(26)27)32-18-16-23-11-4-5-12-24(23)20-32/h4-7,9,11-15,19H,8,10,16-18,20H2,1-3H3,(H,30,33)/b22-15+. The molecule has 2 aromatic carbocycles. The summed E-state index contributed by atoms with van der Waals surface area (Å²) in [4.78, 5) is 20.4. The predicted octanol–water partition coefficient (Wildman–Crippen LogP) is 6.22. The summed E-state index contributed by atoms with van der Waals surface area (Å²) >= 11 is 0. The third kappa shape index (κ3) is 5.70. The number of amides is 1. The Morgan fingerprint density at radius 3 is 2.61 bits per heavy atom. The van der Waals surface area contributed by atoms with Gasteiger partial charge >= 0.3 is 0 Å². The molecule has 1 aliphatic heterocycles. The maximum absolute atomic E-state index is 13.2. The zero-order chi connectivity index (χ0) is 23.2. The summed E-state index contributed by atoms with van der Waals surface area (Å²) < 4.78 is 0. The van der Waals surface area contributed by atoms with Crippen molar-refractivity contribution in [1.29, 1.82) is 0 Å². The second-order valence-electron chi connectivity index (χ2n) is 9.07. The van der Waals surface area contributed by atoms with Gasteiger partial charge in [-0.25, -0.2) is 4.98 Å². The molecule has 0 unspecified atom stereocenters. The summed E-state index contributed by atoms with van der Waals surface area (Å²) in [6.45, 7) is 8.61. The Morgan fingerprint density at radius 2 is 1.79 bits per heavy atom. The third-order valence-electron chi connectivity index (χ3n) is 6.21. The molecule has 0 spiro atoms. The van der Waals surface area contributed by atoms with Gasteiger partial charge in [0.15, 0.2) is 0 Å². The summed E-state index contributed by atoms with van der Waals surface area (Å²) in [6, 6.07) is 18.4. The van der Waals surface area contributed by atoms with Crippen LogP contribution in [0.1, 0.15) is 55.1 Å². The van der Waals surface area contributed by atoms with Gasteiger partial charge in [-0.05, 0) is 63.3 Å². The molecule has 0 radical (unpaired) electrons. The molecule has 0 aliphatic carbocycles. The van der Waals surface area contributed by atoms with Gasteiger partial charge in [-0.1, -0.05) is 65.8 Å². The number of rotatable bonds is 7. The van der Waals surface area contributed by atoms with Crippen LogP contribution in [0.15, 0.2) is 77.9 Å². The van der Waals surface area contributed by atoms with Gasteiger partial charge in [-0.2, -0.15) is 0 Å². The maximum atomic E-state index is 13.2. The Kier molecular flexibility index (Phi) is 7.23. The summed E-state index contributed by atoms with van der Waals surface area (Å²) in [5, 5.41) is 3.98. The lowest BCUT2D eigenvalue weighted by molar-refractivity contribution is 0.0959. The number of anilines is 1. The van der Waals surface area contributed by atoms with Crippen LogP contribution in [0.5, 0.6) is 0 Å². The van der Waals surface area contributed by atoms with Crippen molar-refractivity contribution in [1.82, 2.24) is 10.3 Å². The van der Waals surface area contributed by atoms with Crippen molar-refractivity contribution in [3.05, 3.63) is 94.6 Å². The first-order valence-electron chi connectivity index (χ1n) is 11.8. The molecule has 0 bridgehead atoms. The van der Waals surface area contributed by atoms with Crippen molar-refractivity contribution in [2.45, 2.75) is 46.6 Å². The molecule has 0 saturated heterocycles. The van der Waals surface area contributed by atoms with Crippen LogP contribution in [0.4, 0.5) is 5.82 Å². The lowest BCUT2D eigenvalue weighted by Crippen LogP contribution is -2.31. The number of nitrogens with zero attached hydrogens (tertiary/aromatic N) is 2. The fourth-order valence-electron chi connectivity index (χ4n) is 4.31. The number of carbonyl (C=O) groups is 1. The highest BCUT2D eigenvalue weighted by Gasteiger charge is 2.20. The van der Waals surface area contributed by atoms with Crippen molar-refractivity contribution in [3.63, 3.8) is 0 Å². The Morgan fingerprint density at radius 1 is 1.03 bits per heavy atom. The Bertz CT molecular complexity index is 1200. The number of hydrogen-bond acceptors (Lipinski definition) is 3. The van der Waals surface area contributed by atoms with E-state index in [1.165, 1.54) is 22.3 Å². The highest BCUT2D eigenvalue weighted by atomic mass is 16.1. The molecule has 1 aromatic heterocycles. The van der Waals surface area contributed by atoms with E-state index in [2.05, 4.69) is 67.4 Å². The summed E-state index contributed by atoms with van der Waals surface area (Å²) in [5.74, 6) is 0.808. The molecule has 2 heterocycles. The van der Waals surface area contributed by atoms with E-state index in [9.17, 15) is 4.79 Å². The molecule has 4 nitrogen and oxygen atoms in total. The SMILES string of the molecule is CC(C)=CCC/C(C)=C/CNC(=O)c1cc(N2CCc3ccccc3C2)nc2ccccc12. The third-order valence-corrected chi connectivity index (χ3v) is 6.21. The van der Waals surface area contributed by atoms with Gasteiger partial charge < -0.3 is 10.2 Å². The van der Waals surface area contributed by atoms with Crippen LogP contribution in [-0.2, 0) is 13.0 Å². The molecule has 0 fully saturated rings. The minimum Gasteiger partial charge on any atom is -0.352 e. The van der Waals surface area contributed by atoms with Crippen molar-refractivity contribution in [2.24, 2.45) is 0 Å². The first kappa shape index (κ1) is 22.8. The number of allylic oxidation sites excluding steroid dienone is 3. The highest BCUT2D eigenvalue weighted by Crippen LogP contribution is 2.27. The Hall–Kier alpha value is -3.40. The van der Waals surface area contributed by atoms with Gasteiger partial charge in [0, 0.05) is 25.0 Å². The zero-order valence-corrected chi connectivity index (χ0v) is 19.9. The van der Waals surface area contributed by atoms with E-state index in [1.807, 2.05) is 30.3 Å². The Balaban J connectivity index is 1.52. The molecule has 1 aliphatic rings. The van der Waals surface area contributed by atoms with E-state index in [0.29, 0.717) is 12.1 Å². The maximum Gasteiger partial charge on any atom is 0.252 e. The first-order chi connectivity index (χ1) is 16.0. The number of pyridine rings is 1. The number of hydrogen-bond donors (Lipinski definition) is 1. The average Bonchev–Trinajstić information content (AvgIpc) is 2.82. The Labute approximate surface area is 197 Å². The van der Waals surface area contributed by atoms with Gasteiger partial charge in [-0.3, -0.25) is 4.79 Å². The number of aromatic nitrogens is 1. The van der Waals surface area contributed by atoms with Gasteiger partial charge in [0.1, 0.15) is 5.82 Å². The molecule has 3 aromatic rings. The molecular weight excluding hydrogens is 406 g/mol. The molecule has 1 N–H and O–H groups in total. The lowest BCUT2D eigenvalue weighted by Gasteiger charge is -2.30. The zero-order valence-electron chi connectivity index (χ0n) is 19.9. The molecule has 33 heavy (non-hydrogen) atoms. The number of para-hydroxylation sites is 1. The van der Waals surface area contributed by atoms with Gasteiger partial charge in [0.25, 0.3) is 5.91 Å². The van der Waals surface area contributed by atoms with E-state index >= 15 is 0 Å². The van der Waals surface area contributed by atoms with Gasteiger partial charge in [0.2, 0.25) is 0 Å². The van der Waals surface area contributed by atoms with Crippen molar-refractivity contribution in [3.8, 4) is 0 Å². The lowest BCUT2D eigenvalue weighted by atomic mass is 9.99. The van der Waals surface area contributed by atoms with Crippen LogP contribution in [0.2, 0.25) is 0 Å². The molecule has 0 atom stereocenters. The fourth-order valence-corrected chi connectivity index (χ4v) is 4.31. The minimum absolute atomic E-state index is 0.0550.